The largest absolute Gasteiger partial charge is 0.415 e. The summed E-state index contributed by atoms with van der Waals surface area (Å²) in [6, 6.07) is 8.84. The summed E-state index contributed by atoms with van der Waals surface area (Å²) in [6.07, 6.45) is 0.904. The van der Waals surface area contributed by atoms with Gasteiger partial charge in [-0.05, 0) is 43.2 Å². The third kappa shape index (κ3) is 5.62. The summed E-state index contributed by atoms with van der Waals surface area (Å²) in [5.41, 5.74) is 2.40. The van der Waals surface area contributed by atoms with Crippen molar-refractivity contribution in [2.45, 2.75) is 38.8 Å². The lowest BCUT2D eigenvalue weighted by molar-refractivity contribution is -0.129. The molecule has 12 heteroatoms. The number of likely N-dealkylation sites (tertiary alicyclic amines) is 1. The number of carbonyl (C=O) groups excluding carboxylic acids is 2. The Labute approximate surface area is 211 Å². The van der Waals surface area contributed by atoms with Crippen molar-refractivity contribution in [1.82, 2.24) is 20.1 Å². The smallest absolute Gasteiger partial charge is 0.314 e. The molecule has 2 aromatic heterocycles. The van der Waals surface area contributed by atoms with Crippen molar-refractivity contribution in [2.75, 3.05) is 29.9 Å². The Morgan fingerprint density at radius 1 is 1.22 bits per heavy atom. The van der Waals surface area contributed by atoms with Gasteiger partial charge in [0.15, 0.2) is 0 Å². The summed E-state index contributed by atoms with van der Waals surface area (Å²) in [6.45, 7) is 3.09. The molecule has 0 atom stereocenters. The molecule has 3 aromatic rings. The summed E-state index contributed by atoms with van der Waals surface area (Å²) >= 11 is 6.28. The molecule has 2 amide bonds. The maximum atomic E-state index is 12.7. The number of benzene rings is 1. The number of amides is 2. The second-order valence-electron chi connectivity index (χ2n) is 8.50. The van der Waals surface area contributed by atoms with Gasteiger partial charge in [-0.1, -0.05) is 11.6 Å². The van der Waals surface area contributed by atoms with Crippen molar-refractivity contribution < 1.29 is 22.8 Å². The summed E-state index contributed by atoms with van der Waals surface area (Å²) in [4.78, 5) is 33.6. The number of hydrogen-bond acceptors (Lipinski definition) is 7. The average Bonchev–Trinajstić information content (AvgIpc) is 3.38. The van der Waals surface area contributed by atoms with Crippen molar-refractivity contribution in [2.24, 2.45) is 0 Å². The Morgan fingerprint density at radius 3 is 2.56 bits per heavy atom. The molecule has 190 valence electrons. The quantitative estimate of drug-likeness (QED) is 0.409. The minimum absolute atomic E-state index is 0.0637. The molecule has 1 fully saturated rings. The summed E-state index contributed by atoms with van der Waals surface area (Å²) in [7, 11) is 1.97. The van der Waals surface area contributed by atoms with Gasteiger partial charge >= 0.3 is 6.43 Å². The van der Waals surface area contributed by atoms with Crippen LogP contribution in [0.25, 0.3) is 11.5 Å². The number of nitrogens with zero attached hydrogens (tertiary/aromatic N) is 6. The Balaban J connectivity index is 1.52. The highest BCUT2D eigenvalue weighted by Crippen LogP contribution is 2.35. The molecule has 4 rings (SSSR count). The van der Waals surface area contributed by atoms with Gasteiger partial charge in [0.25, 0.3) is 5.89 Å². The first-order valence-electron chi connectivity index (χ1n) is 11.3. The number of halogens is 3. The van der Waals surface area contributed by atoms with Crippen LogP contribution in [0.2, 0.25) is 5.02 Å². The van der Waals surface area contributed by atoms with Crippen molar-refractivity contribution in [1.29, 1.82) is 0 Å². The Morgan fingerprint density at radius 2 is 1.97 bits per heavy atom. The predicted molar refractivity (Wildman–Crippen MR) is 130 cm³/mol. The van der Waals surface area contributed by atoms with E-state index in [2.05, 4.69) is 20.1 Å². The van der Waals surface area contributed by atoms with E-state index in [1.54, 1.807) is 31.2 Å². The Kier molecular flexibility index (Phi) is 7.78. The summed E-state index contributed by atoms with van der Waals surface area (Å²) in [5.74, 6) is -0.751. The van der Waals surface area contributed by atoms with Crippen LogP contribution in [0.3, 0.4) is 0 Å². The molecule has 1 aliphatic heterocycles. The highest BCUT2D eigenvalue weighted by molar-refractivity contribution is 6.31. The van der Waals surface area contributed by atoms with Gasteiger partial charge in [-0.3, -0.25) is 14.6 Å². The average molecular weight is 519 g/mol. The lowest BCUT2D eigenvalue weighted by Gasteiger charge is -2.39. The molecule has 0 radical (unpaired) electrons. The number of aromatic nitrogens is 3. The van der Waals surface area contributed by atoms with E-state index in [1.807, 2.05) is 18.0 Å². The third-order valence-corrected chi connectivity index (χ3v) is 6.48. The number of piperidine rings is 1. The van der Waals surface area contributed by atoms with Gasteiger partial charge in [0, 0.05) is 44.3 Å². The molecule has 1 aliphatic rings. The molecule has 0 N–H and O–H groups in total. The third-order valence-electron chi connectivity index (χ3n) is 6.24. The van der Waals surface area contributed by atoms with Crippen molar-refractivity contribution in [3.05, 3.63) is 53.1 Å². The number of alkyl halides is 2. The first kappa shape index (κ1) is 25.5. The van der Waals surface area contributed by atoms with E-state index < -0.39 is 12.3 Å². The SMILES string of the molecule is CC(=O)N1CCC(N(C)c2ccc(Cl)cc2N(C=O)Cc2ccc(-c3nnc(C(F)F)o3)cn2)CC1. The van der Waals surface area contributed by atoms with Gasteiger partial charge in [0.2, 0.25) is 18.2 Å². The Hall–Kier alpha value is -3.60. The van der Waals surface area contributed by atoms with Gasteiger partial charge in [-0.2, -0.15) is 8.78 Å². The van der Waals surface area contributed by atoms with Crippen LogP contribution < -0.4 is 9.80 Å². The van der Waals surface area contributed by atoms with Crippen molar-refractivity contribution >= 4 is 35.3 Å². The van der Waals surface area contributed by atoms with Gasteiger partial charge < -0.3 is 19.1 Å². The summed E-state index contributed by atoms with van der Waals surface area (Å²) < 4.78 is 30.4. The van der Waals surface area contributed by atoms with Gasteiger partial charge in [0.05, 0.1) is 29.2 Å². The minimum atomic E-state index is -2.86. The fourth-order valence-electron chi connectivity index (χ4n) is 4.23. The number of pyridine rings is 1. The molecule has 0 bridgehead atoms. The lowest BCUT2D eigenvalue weighted by atomic mass is 10.0. The molecule has 1 saturated heterocycles. The first-order chi connectivity index (χ1) is 17.3. The zero-order valence-electron chi connectivity index (χ0n) is 19.8. The van der Waals surface area contributed by atoms with Crippen LogP contribution in [-0.4, -0.2) is 58.6 Å². The van der Waals surface area contributed by atoms with Gasteiger partial charge in [0.1, 0.15) is 0 Å². The predicted octanol–water partition coefficient (Wildman–Crippen LogP) is 4.33. The maximum Gasteiger partial charge on any atom is 0.314 e. The van der Waals surface area contributed by atoms with E-state index in [-0.39, 0.29) is 24.4 Å². The van der Waals surface area contributed by atoms with E-state index in [0.717, 1.165) is 18.5 Å². The monoisotopic (exact) mass is 518 g/mol. The minimum Gasteiger partial charge on any atom is -0.415 e. The fraction of sp³-hybridized carbons (Fsp3) is 0.375. The molecular formula is C24H25ClF2N6O3. The molecule has 9 nitrogen and oxygen atoms in total. The van der Waals surface area contributed by atoms with Crippen LogP contribution in [0.5, 0.6) is 0 Å². The molecule has 0 unspecified atom stereocenters. The zero-order chi connectivity index (χ0) is 25.8. The van der Waals surface area contributed by atoms with E-state index >= 15 is 0 Å². The number of anilines is 2. The van der Waals surface area contributed by atoms with Crippen LogP contribution in [0.4, 0.5) is 20.2 Å². The van der Waals surface area contributed by atoms with Crippen LogP contribution in [0.1, 0.15) is 37.8 Å². The molecule has 0 spiro atoms. The Bertz CT molecular complexity index is 1210. The molecule has 0 aliphatic carbocycles. The van der Waals surface area contributed by atoms with Crippen LogP contribution in [0.15, 0.2) is 40.9 Å². The lowest BCUT2D eigenvalue weighted by Crippen LogP contribution is -2.45. The standard InChI is InChI=1S/C24H25ClF2N6O3/c1-15(35)32-9-7-19(8-10-32)31(2)20-6-4-17(25)11-21(20)33(14-34)13-18-5-3-16(12-28-18)23-29-30-24(36-23)22(26)27/h3-6,11-12,14,19,22H,7-10,13H2,1-2H3. The molecule has 0 saturated carbocycles. The zero-order valence-corrected chi connectivity index (χ0v) is 20.5. The number of carbonyl (C=O) groups is 2. The normalized spacial score (nSPS) is 14.2. The van der Waals surface area contributed by atoms with E-state index in [4.69, 9.17) is 16.0 Å². The molecule has 3 heterocycles. The van der Waals surface area contributed by atoms with Crippen LogP contribution >= 0.6 is 11.6 Å². The molecular weight excluding hydrogens is 494 g/mol. The molecule has 36 heavy (non-hydrogen) atoms. The van der Waals surface area contributed by atoms with E-state index in [0.29, 0.717) is 41.5 Å². The van der Waals surface area contributed by atoms with Gasteiger partial charge in [-0.15, -0.1) is 10.2 Å². The van der Waals surface area contributed by atoms with Crippen LogP contribution in [-0.2, 0) is 16.1 Å². The molecule has 1 aromatic carbocycles. The number of hydrogen-bond donors (Lipinski definition) is 0. The van der Waals surface area contributed by atoms with Crippen molar-refractivity contribution in [3.63, 3.8) is 0 Å². The maximum absolute atomic E-state index is 12.7. The second kappa shape index (κ2) is 11.0. The van der Waals surface area contributed by atoms with Gasteiger partial charge in [-0.25, -0.2) is 0 Å². The van der Waals surface area contributed by atoms with E-state index in [1.165, 1.54) is 11.1 Å². The topological polar surface area (TPSA) is 95.7 Å². The highest BCUT2D eigenvalue weighted by Gasteiger charge is 2.26. The van der Waals surface area contributed by atoms with E-state index in [9.17, 15) is 18.4 Å². The second-order valence-corrected chi connectivity index (χ2v) is 8.94. The number of rotatable bonds is 8. The highest BCUT2D eigenvalue weighted by atomic mass is 35.5. The first-order valence-corrected chi connectivity index (χ1v) is 11.7. The fourth-order valence-corrected chi connectivity index (χ4v) is 4.39. The summed E-state index contributed by atoms with van der Waals surface area (Å²) in [5, 5.41) is 7.41. The van der Waals surface area contributed by atoms with Crippen LogP contribution in [0, 0.1) is 0 Å². The van der Waals surface area contributed by atoms with Crippen molar-refractivity contribution in [3.8, 4) is 11.5 Å².